The van der Waals surface area contributed by atoms with Crippen LogP contribution in [-0.4, -0.2) is 10.9 Å². The molecule has 0 amide bonds. The minimum Gasteiger partial charge on any atom is -0.377 e. The van der Waals surface area contributed by atoms with E-state index in [-0.39, 0.29) is 18.1 Å². The molecule has 20 heavy (non-hydrogen) atoms. The van der Waals surface area contributed by atoms with Crippen LogP contribution in [-0.2, 0) is 10.4 Å². The van der Waals surface area contributed by atoms with Gasteiger partial charge in [0, 0.05) is 12.0 Å². The van der Waals surface area contributed by atoms with Crippen molar-refractivity contribution in [2.75, 3.05) is 0 Å². The van der Waals surface area contributed by atoms with Crippen molar-refractivity contribution in [1.29, 1.82) is 0 Å². The predicted octanol–water partition coefficient (Wildman–Crippen LogP) is 3.54. The molecule has 1 aliphatic carbocycles. The molecule has 1 aromatic rings. The van der Waals surface area contributed by atoms with E-state index in [0.717, 1.165) is 6.42 Å². The van der Waals surface area contributed by atoms with Gasteiger partial charge in [-0.25, -0.2) is 0 Å². The number of allylic oxidation sites excluding steroid dienone is 3. The Labute approximate surface area is 120 Å². The molecule has 0 aromatic heterocycles. The molecule has 2 nitrogen and oxygen atoms in total. The van der Waals surface area contributed by atoms with Gasteiger partial charge in [-0.15, -0.1) is 6.58 Å². The molecule has 0 aliphatic heterocycles. The average Bonchev–Trinajstić information content (AvgIpc) is 2.48. The second kappa shape index (κ2) is 6.02. The summed E-state index contributed by atoms with van der Waals surface area (Å²) in [5.74, 6) is -0.0898. The van der Waals surface area contributed by atoms with Crippen LogP contribution in [0.2, 0.25) is 0 Å². The summed E-state index contributed by atoms with van der Waals surface area (Å²) < 4.78 is 0. The van der Waals surface area contributed by atoms with Crippen molar-refractivity contribution in [2.45, 2.75) is 25.4 Å². The van der Waals surface area contributed by atoms with E-state index in [1.165, 1.54) is 0 Å². The van der Waals surface area contributed by atoms with E-state index < -0.39 is 5.60 Å². The molecule has 1 aliphatic rings. The quantitative estimate of drug-likeness (QED) is 0.829. The van der Waals surface area contributed by atoms with Crippen LogP contribution in [0.3, 0.4) is 0 Å². The third kappa shape index (κ3) is 2.66. The van der Waals surface area contributed by atoms with E-state index in [1.54, 1.807) is 18.2 Å². The molecule has 0 spiro atoms. The van der Waals surface area contributed by atoms with Crippen LogP contribution in [0.5, 0.6) is 0 Å². The number of ketones is 1. The lowest BCUT2D eigenvalue weighted by molar-refractivity contribution is -0.134. The van der Waals surface area contributed by atoms with E-state index >= 15 is 0 Å². The van der Waals surface area contributed by atoms with Crippen molar-refractivity contribution < 1.29 is 9.90 Å². The Morgan fingerprint density at radius 3 is 2.75 bits per heavy atom. The zero-order chi connectivity index (χ0) is 14.6. The van der Waals surface area contributed by atoms with Gasteiger partial charge in [-0.05, 0) is 17.9 Å². The maximum atomic E-state index is 12.8. The first-order valence-electron chi connectivity index (χ1n) is 6.90. The average molecular weight is 268 g/mol. The fraction of sp³-hybridized carbons (Fsp3) is 0.278. The van der Waals surface area contributed by atoms with Gasteiger partial charge in [-0.3, -0.25) is 4.79 Å². The highest BCUT2D eigenvalue weighted by atomic mass is 16.3. The number of hydrogen-bond donors (Lipinski definition) is 1. The molecule has 2 atom stereocenters. The Morgan fingerprint density at radius 2 is 2.15 bits per heavy atom. The number of hydrogen-bond acceptors (Lipinski definition) is 2. The molecule has 0 bridgehead atoms. The summed E-state index contributed by atoms with van der Waals surface area (Å²) in [6.45, 7) is 5.68. The summed E-state index contributed by atoms with van der Waals surface area (Å²) in [7, 11) is 0. The Balaban J connectivity index is 2.43. The number of benzene rings is 1. The van der Waals surface area contributed by atoms with Crippen LogP contribution >= 0.6 is 0 Å². The van der Waals surface area contributed by atoms with E-state index in [2.05, 4.69) is 6.58 Å². The largest absolute Gasteiger partial charge is 0.377 e. The first-order valence-corrected chi connectivity index (χ1v) is 6.90. The zero-order valence-corrected chi connectivity index (χ0v) is 11.8. The predicted molar refractivity (Wildman–Crippen MR) is 81.2 cm³/mol. The van der Waals surface area contributed by atoms with Crippen LogP contribution in [0.25, 0.3) is 0 Å². The monoisotopic (exact) mass is 268 g/mol. The summed E-state index contributed by atoms with van der Waals surface area (Å²) in [4.78, 5) is 12.8. The van der Waals surface area contributed by atoms with Crippen molar-refractivity contribution in [3.8, 4) is 0 Å². The van der Waals surface area contributed by atoms with Crippen molar-refractivity contribution in [2.24, 2.45) is 5.92 Å². The molecule has 0 heterocycles. The second-order valence-corrected chi connectivity index (χ2v) is 5.24. The highest BCUT2D eigenvalue weighted by molar-refractivity contribution is 6.03. The molecule has 2 rings (SSSR count). The van der Waals surface area contributed by atoms with Crippen LogP contribution in [0.15, 0.2) is 66.8 Å². The van der Waals surface area contributed by atoms with Crippen LogP contribution in [0.4, 0.5) is 0 Å². The molecule has 1 N–H and O–H groups in total. The van der Waals surface area contributed by atoms with E-state index in [0.29, 0.717) is 11.1 Å². The van der Waals surface area contributed by atoms with Gasteiger partial charge in [-0.1, -0.05) is 61.6 Å². The maximum Gasteiger partial charge on any atom is 0.195 e. The minimum atomic E-state index is -1.52. The van der Waals surface area contributed by atoms with Gasteiger partial charge in [0.2, 0.25) is 0 Å². The highest BCUT2D eigenvalue weighted by Crippen LogP contribution is 2.33. The van der Waals surface area contributed by atoms with Crippen LogP contribution in [0, 0.1) is 5.92 Å². The molecule has 0 saturated carbocycles. The molecule has 0 saturated heterocycles. The fourth-order valence-corrected chi connectivity index (χ4v) is 2.55. The lowest BCUT2D eigenvalue weighted by atomic mass is 9.78. The summed E-state index contributed by atoms with van der Waals surface area (Å²) in [5, 5.41) is 10.9. The van der Waals surface area contributed by atoms with Gasteiger partial charge < -0.3 is 5.11 Å². The number of aliphatic hydroxyl groups is 1. The molecular formula is C18H20O2. The minimum absolute atomic E-state index is 0.132. The molecule has 1 aromatic carbocycles. The number of carbonyl (C=O) groups excluding carboxylic acids is 1. The molecule has 2 heteroatoms. The van der Waals surface area contributed by atoms with Crippen molar-refractivity contribution in [3.63, 3.8) is 0 Å². The van der Waals surface area contributed by atoms with Crippen molar-refractivity contribution >= 4 is 5.78 Å². The topological polar surface area (TPSA) is 37.3 Å². The van der Waals surface area contributed by atoms with Gasteiger partial charge in [0.1, 0.15) is 0 Å². The number of carbonyl (C=O) groups is 1. The number of Topliss-reactive ketones (excluding diaryl/α,β-unsaturated/α-hetero) is 1. The van der Waals surface area contributed by atoms with Gasteiger partial charge >= 0.3 is 0 Å². The summed E-state index contributed by atoms with van der Waals surface area (Å²) in [6, 6.07) is 9.09. The molecular weight excluding hydrogens is 248 g/mol. The fourth-order valence-electron chi connectivity index (χ4n) is 2.55. The second-order valence-electron chi connectivity index (χ2n) is 5.24. The highest BCUT2D eigenvalue weighted by Gasteiger charge is 2.39. The lowest BCUT2D eigenvalue weighted by Crippen LogP contribution is -2.38. The van der Waals surface area contributed by atoms with Crippen molar-refractivity contribution in [1.82, 2.24) is 0 Å². The van der Waals surface area contributed by atoms with E-state index in [1.807, 2.05) is 43.4 Å². The Kier molecular flexibility index (Phi) is 4.35. The molecule has 2 unspecified atom stereocenters. The molecule has 0 radical (unpaired) electrons. The maximum absolute atomic E-state index is 12.8. The zero-order valence-electron chi connectivity index (χ0n) is 11.8. The van der Waals surface area contributed by atoms with E-state index in [4.69, 9.17) is 0 Å². The van der Waals surface area contributed by atoms with Crippen LogP contribution < -0.4 is 0 Å². The summed E-state index contributed by atoms with van der Waals surface area (Å²) in [6.07, 6.45) is 8.37. The van der Waals surface area contributed by atoms with E-state index in [9.17, 15) is 9.90 Å². The summed E-state index contributed by atoms with van der Waals surface area (Å²) >= 11 is 0. The molecule has 104 valence electrons. The van der Waals surface area contributed by atoms with Gasteiger partial charge in [0.05, 0.1) is 0 Å². The first-order chi connectivity index (χ1) is 9.59. The summed E-state index contributed by atoms with van der Waals surface area (Å²) in [5.41, 5.74) is -0.220. The standard InChI is InChI=1S/C18H20O2/c1-3-13-18(20,15-10-5-4-6-11-15)17(19)16-12-8-7-9-14(16)2/h3-8,10-12,14,20H,1,9,13H2,2H3. The first kappa shape index (κ1) is 14.5. The van der Waals surface area contributed by atoms with Gasteiger partial charge in [-0.2, -0.15) is 0 Å². The Morgan fingerprint density at radius 1 is 1.45 bits per heavy atom. The Bertz CT molecular complexity index is 554. The normalized spacial score (nSPS) is 20.9. The third-order valence-electron chi connectivity index (χ3n) is 3.76. The van der Waals surface area contributed by atoms with Crippen LogP contribution in [0.1, 0.15) is 25.3 Å². The lowest BCUT2D eigenvalue weighted by Gasteiger charge is -2.29. The van der Waals surface area contributed by atoms with Gasteiger partial charge in [0.25, 0.3) is 0 Å². The smallest absolute Gasteiger partial charge is 0.195 e. The molecule has 0 fully saturated rings. The Hall–Kier alpha value is -1.93. The SMILES string of the molecule is C=CCC(O)(C(=O)C1=CC=CCC1C)c1ccccc1. The van der Waals surface area contributed by atoms with Crippen molar-refractivity contribution in [3.05, 3.63) is 72.4 Å². The van der Waals surface area contributed by atoms with Gasteiger partial charge in [0.15, 0.2) is 11.4 Å². The number of rotatable bonds is 5. The third-order valence-corrected chi connectivity index (χ3v) is 3.76.